The molecule has 0 radical (unpaired) electrons. The van der Waals surface area contributed by atoms with Gasteiger partial charge in [-0.15, -0.1) is 0 Å². The van der Waals surface area contributed by atoms with Crippen LogP contribution < -0.4 is 15.4 Å². The molecule has 3 amide bonds. The molecular weight excluding hydrogens is 355 g/mol. The summed E-state index contributed by atoms with van der Waals surface area (Å²) >= 11 is 5.76. The Kier molecular flexibility index (Phi) is 5.91. The molecule has 0 aromatic heterocycles. The minimum absolute atomic E-state index is 0.0753. The number of rotatable bonds is 5. The van der Waals surface area contributed by atoms with Gasteiger partial charge in [-0.05, 0) is 30.3 Å². The summed E-state index contributed by atoms with van der Waals surface area (Å²) < 4.78 is 18.0. The summed E-state index contributed by atoms with van der Waals surface area (Å²) in [5, 5.41) is 12.9. The van der Waals surface area contributed by atoms with E-state index in [1.807, 2.05) is 5.32 Å². The first kappa shape index (κ1) is 18.2. The lowest BCUT2D eigenvalue weighted by molar-refractivity contribution is -0.139. The number of nitrogens with one attached hydrogen (secondary N) is 2. The van der Waals surface area contributed by atoms with Crippen molar-refractivity contribution >= 4 is 35.2 Å². The second-order valence-electron chi connectivity index (χ2n) is 4.71. The molecule has 2 rings (SSSR count). The van der Waals surface area contributed by atoms with Crippen molar-refractivity contribution in [1.82, 2.24) is 5.32 Å². The molecule has 9 heteroatoms. The number of hydrogen-bond acceptors (Lipinski definition) is 4. The number of carbonyl (C=O) groups excluding carboxylic acids is 2. The van der Waals surface area contributed by atoms with Crippen molar-refractivity contribution in [2.45, 2.75) is 0 Å². The van der Waals surface area contributed by atoms with E-state index in [2.05, 4.69) is 5.32 Å². The van der Waals surface area contributed by atoms with Crippen molar-refractivity contribution in [3.05, 3.63) is 58.9 Å². The number of aliphatic carboxylic acids is 1. The Morgan fingerprint density at radius 1 is 1.16 bits per heavy atom. The van der Waals surface area contributed by atoms with Crippen LogP contribution in [0.15, 0.2) is 42.5 Å². The number of halogens is 2. The highest BCUT2D eigenvalue weighted by Gasteiger charge is 2.15. The Bertz CT molecular complexity index is 828. The van der Waals surface area contributed by atoms with Gasteiger partial charge in [0.15, 0.2) is 6.61 Å². The number of imide groups is 1. The maximum atomic E-state index is 13.0. The topological polar surface area (TPSA) is 105 Å². The first-order valence-electron chi connectivity index (χ1n) is 6.88. The Hall–Kier alpha value is -3.13. The quantitative estimate of drug-likeness (QED) is 0.754. The third-order valence-electron chi connectivity index (χ3n) is 2.89. The second kappa shape index (κ2) is 8.11. The molecule has 130 valence electrons. The van der Waals surface area contributed by atoms with Crippen molar-refractivity contribution in [3.8, 4) is 5.75 Å². The van der Waals surface area contributed by atoms with E-state index in [-0.39, 0.29) is 22.0 Å². The minimum Gasteiger partial charge on any atom is -0.480 e. The van der Waals surface area contributed by atoms with Gasteiger partial charge in [0, 0.05) is 0 Å². The molecule has 0 bridgehead atoms. The number of amides is 3. The summed E-state index contributed by atoms with van der Waals surface area (Å²) in [7, 11) is 0. The maximum Gasteiger partial charge on any atom is 0.341 e. The Balaban J connectivity index is 2.05. The van der Waals surface area contributed by atoms with E-state index in [1.54, 1.807) is 12.1 Å². The highest BCUT2D eigenvalue weighted by molar-refractivity contribution is 6.34. The van der Waals surface area contributed by atoms with Crippen LogP contribution in [0.4, 0.5) is 14.9 Å². The highest BCUT2D eigenvalue weighted by atomic mass is 35.5. The molecule has 0 saturated heterocycles. The SMILES string of the molecule is O=C(O)COc1ccccc1NC(=O)NC(=O)c1ccc(F)cc1Cl. The molecule has 0 aliphatic heterocycles. The lowest BCUT2D eigenvalue weighted by Gasteiger charge is -2.12. The largest absolute Gasteiger partial charge is 0.480 e. The Labute approximate surface area is 146 Å². The van der Waals surface area contributed by atoms with Gasteiger partial charge in [0.2, 0.25) is 0 Å². The van der Waals surface area contributed by atoms with Gasteiger partial charge in [-0.25, -0.2) is 14.0 Å². The van der Waals surface area contributed by atoms with Crippen molar-refractivity contribution in [2.75, 3.05) is 11.9 Å². The van der Waals surface area contributed by atoms with Crippen LogP contribution in [0.2, 0.25) is 5.02 Å². The molecule has 0 aliphatic rings. The van der Waals surface area contributed by atoms with E-state index in [1.165, 1.54) is 12.1 Å². The summed E-state index contributed by atoms with van der Waals surface area (Å²) in [5.74, 6) is -2.50. The van der Waals surface area contributed by atoms with E-state index >= 15 is 0 Å². The second-order valence-corrected chi connectivity index (χ2v) is 5.12. The molecule has 3 N–H and O–H groups in total. The summed E-state index contributed by atoms with van der Waals surface area (Å²) in [6.07, 6.45) is 0. The summed E-state index contributed by atoms with van der Waals surface area (Å²) in [6, 6.07) is 8.33. The van der Waals surface area contributed by atoms with Crippen LogP contribution in [0.3, 0.4) is 0 Å². The van der Waals surface area contributed by atoms with Gasteiger partial charge in [0.1, 0.15) is 11.6 Å². The first-order valence-corrected chi connectivity index (χ1v) is 7.25. The number of urea groups is 1. The van der Waals surface area contributed by atoms with Crippen LogP contribution in [0.1, 0.15) is 10.4 Å². The van der Waals surface area contributed by atoms with Gasteiger partial charge in [0.25, 0.3) is 5.91 Å². The average Bonchev–Trinajstić information content (AvgIpc) is 2.53. The zero-order valence-electron chi connectivity index (χ0n) is 12.6. The zero-order valence-corrected chi connectivity index (χ0v) is 13.3. The lowest BCUT2D eigenvalue weighted by atomic mass is 10.2. The molecular formula is C16H12ClFN2O5. The fourth-order valence-electron chi connectivity index (χ4n) is 1.83. The third-order valence-corrected chi connectivity index (χ3v) is 3.20. The van der Waals surface area contributed by atoms with E-state index in [9.17, 15) is 18.8 Å². The summed E-state index contributed by atoms with van der Waals surface area (Å²) in [5.41, 5.74) is 0.0906. The van der Waals surface area contributed by atoms with Crippen molar-refractivity contribution in [1.29, 1.82) is 0 Å². The average molecular weight is 367 g/mol. The molecule has 0 atom stereocenters. The normalized spacial score (nSPS) is 10.0. The smallest absolute Gasteiger partial charge is 0.341 e. The number of benzene rings is 2. The fourth-order valence-corrected chi connectivity index (χ4v) is 2.09. The van der Waals surface area contributed by atoms with Crippen LogP contribution >= 0.6 is 11.6 Å². The minimum atomic E-state index is -1.18. The molecule has 0 heterocycles. The maximum absolute atomic E-state index is 13.0. The summed E-state index contributed by atoms with van der Waals surface area (Å²) in [6.45, 7) is -0.593. The number of carboxylic acids is 1. The number of ether oxygens (including phenoxy) is 1. The molecule has 2 aromatic carbocycles. The molecule has 25 heavy (non-hydrogen) atoms. The van der Waals surface area contributed by atoms with Gasteiger partial charge < -0.3 is 15.2 Å². The van der Waals surface area contributed by atoms with Gasteiger partial charge in [-0.1, -0.05) is 23.7 Å². The number of carbonyl (C=O) groups is 3. The van der Waals surface area contributed by atoms with Crippen LogP contribution in [0.5, 0.6) is 5.75 Å². The Morgan fingerprint density at radius 2 is 1.88 bits per heavy atom. The zero-order chi connectivity index (χ0) is 18.4. The molecule has 7 nitrogen and oxygen atoms in total. The number of hydrogen-bond donors (Lipinski definition) is 3. The molecule has 2 aromatic rings. The standard InChI is InChI=1S/C16H12ClFN2O5/c17-11-7-9(18)5-6-10(11)15(23)20-16(24)19-12-3-1-2-4-13(12)25-8-14(21)22/h1-7H,8H2,(H,21,22)(H2,19,20,23,24). The van der Waals surface area contributed by atoms with Crippen molar-refractivity contribution < 1.29 is 28.6 Å². The van der Waals surface area contributed by atoms with E-state index in [0.717, 1.165) is 18.2 Å². The molecule has 0 aliphatic carbocycles. The van der Waals surface area contributed by atoms with Crippen LogP contribution in [0, 0.1) is 5.82 Å². The molecule has 0 fully saturated rings. The monoisotopic (exact) mass is 366 g/mol. The van der Waals surface area contributed by atoms with Crippen LogP contribution in [-0.2, 0) is 4.79 Å². The van der Waals surface area contributed by atoms with Crippen molar-refractivity contribution in [2.24, 2.45) is 0 Å². The van der Waals surface area contributed by atoms with Crippen LogP contribution in [-0.4, -0.2) is 29.6 Å². The predicted molar refractivity (Wildman–Crippen MR) is 87.5 cm³/mol. The number of para-hydroxylation sites is 2. The first-order chi connectivity index (χ1) is 11.9. The fraction of sp³-hybridized carbons (Fsp3) is 0.0625. The van der Waals surface area contributed by atoms with Crippen LogP contribution in [0.25, 0.3) is 0 Å². The van der Waals surface area contributed by atoms with Gasteiger partial charge in [-0.3, -0.25) is 10.1 Å². The molecule has 0 unspecified atom stereocenters. The van der Waals surface area contributed by atoms with Crippen molar-refractivity contribution in [3.63, 3.8) is 0 Å². The number of carboxylic acid groups (broad SMARTS) is 1. The van der Waals surface area contributed by atoms with E-state index in [0.29, 0.717) is 0 Å². The van der Waals surface area contributed by atoms with E-state index in [4.69, 9.17) is 21.4 Å². The van der Waals surface area contributed by atoms with Gasteiger partial charge in [-0.2, -0.15) is 0 Å². The van der Waals surface area contributed by atoms with E-state index < -0.39 is 30.3 Å². The lowest BCUT2D eigenvalue weighted by Crippen LogP contribution is -2.34. The molecule has 0 saturated carbocycles. The predicted octanol–water partition coefficient (Wildman–Crippen LogP) is 2.90. The van der Waals surface area contributed by atoms with Gasteiger partial charge >= 0.3 is 12.0 Å². The highest BCUT2D eigenvalue weighted by Crippen LogP contribution is 2.23. The molecule has 0 spiro atoms. The summed E-state index contributed by atoms with van der Waals surface area (Å²) in [4.78, 5) is 34.5. The Morgan fingerprint density at radius 3 is 2.56 bits per heavy atom. The third kappa shape index (κ3) is 5.18. The van der Waals surface area contributed by atoms with Gasteiger partial charge in [0.05, 0.1) is 16.3 Å². The number of anilines is 1.